The van der Waals surface area contributed by atoms with Crippen molar-refractivity contribution in [3.63, 3.8) is 0 Å². The van der Waals surface area contributed by atoms with Gasteiger partial charge in [-0.05, 0) is 37.0 Å². The normalized spacial score (nSPS) is 27.6. The molecule has 21 heavy (non-hydrogen) atoms. The van der Waals surface area contributed by atoms with Crippen molar-refractivity contribution in [2.45, 2.75) is 26.4 Å². The van der Waals surface area contributed by atoms with Gasteiger partial charge in [0.05, 0.1) is 13.4 Å². The highest BCUT2D eigenvalue weighted by Crippen LogP contribution is 2.39. The molecular weight excluding hydrogens is 269 g/mol. The topological polar surface area (TPSA) is 73.6 Å². The van der Waals surface area contributed by atoms with Gasteiger partial charge in [0, 0.05) is 11.5 Å². The molecule has 4 N–H and O–H groups in total. The summed E-state index contributed by atoms with van der Waals surface area (Å²) in [5, 5.41) is 0. The molecule has 0 aromatic heterocycles. The van der Waals surface area contributed by atoms with Crippen LogP contribution in [0.1, 0.15) is 20.3 Å². The Kier molecular flexibility index (Phi) is 6.21. The highest BCUT2D eigenvalue weighted by Gasteiger charge is 2.37. The van der Waals surface area contributed by atoms with Gasteiger partial charge >= 0.3 is 0 Å². The molecular formula is C16H24FN3O. The Balaban J connectivity index is 2.99. The first-order valence-electron chi connectivity index (χ1n) is 6.91. The van der Waals surface area contributed by atoms with Gasteiger partial charge in [-0.3, -0.25) is 0 Å². The Morgan fingerprint density at radius 1 is 1.48 bits per heavy atom. The largest absolute Gasteiger partial charge is 0.496 e. The molecule has 0 aromatic rings. The molecule has 1 aliphatic rings. The van der Waals surface area contributed by atoms with Gasteiger partial charge in [0.1, 0.15) is 17.8 Å². The van der Waals surface area contributed by atoms with Gasteiger partial charge < -0.3 is 16.2 Å². The third kappa shape index (κ3) is 4.21. The van der Waals surface area contributed by atoms with Gasteiger partial charge in [-0.15, -0.1) is 0 Å². The molecule has 116 valence electrons. The van der Waals surface area contributed by atoms with Crippen LogP contribution in [-0.2, 0) is 4.74 Å². The Morgan fingerprint density at radius 2 is 2.14 bits per heavy atom. The van der Waals surface area contributed by atoms with Crippen molar-refractivity contribution >= 4 is 6.34 Å². The van der Waals surface area contributed by atoms with Crippen molar-refractivity contribution in [1.29, 1.82) is 0 Å². The fraction of sp³-hybridized carbons (Fsp3) is 0.438. The number of nitrogens with zero attached hydrogens (tertiary/aromatic N) is 1. The molecule has 0 aliphatic heterocycles. The SMILES string of the molecule is C=C(/C=C(N)\N=C/N)C(=C/C)/C(=C\C1C(C)CC1F)OC. The van der Waals surface area contributed by atoms with Gasteiger partial charge in [0.25, 0.3) is 0 Å². The molecule has 1 rings (SSSR count). The van der Waals surface area contributed by atoms with E-state index in [0.717, 1.165) is 11.9 Å². The number of ether oxygens (including phenoxy) is 1. The molecule has 0 radical (unpaired) electrons. The van der Waals surface area contributed by atoms with Crippen molar-refractivity contribution < 1.29 is 9.13 Å². The van der Waals surface area contributed by atoms with E-state index in [1.807, 2.05) is 26.0 Å². The van der Waals surface area contributed by atoms with Crippen molar-refractivity contribution in [3.8, 4) is 0 Å². The van der Waals surface area contributed by atoms with Crippen LogP contribution in [0.3, 0.4) is 0 Å². The summed E-state index contributed by atoms with van der Waals surface area (Å²) in [6.45, 7) is 7.84. The fourth-order valence-electron chi connectivity index (χ4n) is 2.41. The van der Waals surface area contributed by atoms with E-state index in [9.17, 15) is 4.39 Å². The number of hydrogen-bond acceptors (Lipinski definition) is 3. The first-order valence-corrected chi connectivity index (χ1v) is 6.91. The molecule has 0 saturated heterocycles. The van der Waals surface area contributed by atoms with E-state index in [2.05, 4.69) is 11.6 Å². The second-order valence-corrected chi connectivity index (χ2v) is 5.12. The summed E-state index contributed by atoms with van der Waals surface area (Å²) in [7, 11) is 1.56. The van der Waals surface area contributed by atoms with E-state index in [-0.39, 0.29) is 11.7 Å². The Hall–Kier alpha value is -2.04. The number of alkyl halides is 1. The minimum Gasteiger partial charge on any atom is -0.496 e. The molecule has 5 heteroatoms. The standard InChI is InChI=1S/C16H24FN3O/c1-5-12(11(3)7-16(19)20-9-18)15(21-4)8-13-10(2)6-14(13)17/h5,7-10,13-14H,3,6,19H2,1-2,4H3,(H2,18,20)/b12-5-,15-8+,16-7-. The van der Waals surface area contributed by atoms with Crippen LogP contribution < -0.4 is 11.5 Å². The zero-order valence-electron chi connectivity index (χ0n) is 12.8. The molecule has 1 saturated carbocycles. The Morgan fingerprint density at radius 3 is 2.57 bits per heavy atom. The van der Waals surface area contributed by atoms with Crippen LogP contribution in [0.5, 0.6) is 0 Å². The second-order valence-electron chi connectivity index (χ2n) is 5.12. The van der Waals surface area contributed by atoms with E-state index in [1.54, 1.807) is 13.2 Å². The minimum atomic E-state index is -0.807. The van der Waals surface area contributed by atoms with Crippen molar-refractivity contribution in [1.82, 2.24) is 0 Å². The predicted octanol–water partition coefficient (Wildman–Crippen LogP) is 2.80. The third-order valence-electron chi connectivity index (χ3n) is 3.68. The summed E-state index contributed by atoms with van der Waals surface area (Å²) in [6, 6.07) is 0. The number of allylic oxidation sites excluding steroid dienone is 4. The number of halogens is 1. The first kappa shape index (κ1) is 17.0. The molecule has 0 heterocycles. The van der Waals surface area contributed by atoms with Gasteiger partial charge in [-0.1, -0.05) is 19.6 Å². The Bertz CT molecular complexity index is 498. The van der Waals surface area contributed by atoms with Crippen LogP contribution in [0.2, 0.25) is 0 Å². The van der Waals surface area contributed by atoms with Crippen molar-refractivity contribution in [2.24, 2.45) is 28.3 Å². The lowest BCUT2D eigenvalue weighted by molar-refractivity contribution is 0.0771. The minimum absolute atomic E-state index is 0.119. The maximum Gasteiger partial charge on any atom is 0.125 e. The van der Waals surface area contributed by atoms with E-state index >= 15 is 0 Å². The molecule has 0 amide bonds. The molecule has 0 spiro atoms. The molecule has 0 aromatic carbocycles. The molecule has 3 atom stereocenters. The molecule has 0 bridgehead atoms. The zero-order chi connectivity index (χ0) is 16.0. The molecule has 3 unspecified atom stereocenters. The quantitative estimate of drug-likeness (QED) is 0.342. The molecule has 1 fully saturated rings. The summed E-state index contributed by atoms with van der Waals surface area (Å²) in [6.07, 6.45) is 6.19. The summed E-state index contributed by atoms with van der Waals surface area (Å²) in [5.74, 6) is 1.05. The van der Waals surface area contributed by atoms with Gasteiger partial charge in [-0.25, -0.2) is 9.38 Å². The average molecular weight is 293 g/mol. The van der Waals surface area contributed by atoms with E-state index in [0.29, 0.717) is 23.7 Å². The van der Waals surface area contributed by atoms with Crippen LogP contribution in [0, 0.1) is 11.8 Å². The maximum atomic E-state index is 13.6. The van der Waals surface area contributed by atoms with Gasteiger partial charge in [0.2, 0.25) is 0 Å². The average Bonchev–Trinajstić information content (AvgIpc) is 2.43. The summed E-state index contributed by atoms with van der Waals surface area (Å²) in [4.78, 5) is 3.76. The number of aliphatic imine (C=N–C) groups is 1. The van der Waals surface area contributed by atoms with Crippen LogP contribution >= 0.6 is 0 Å². The summed E-state index contributed by atoms with van der Waals surface area (Å²) >= 11 is 0. The maximum absolute atomic E-state index is 13.6. The van der Waals surface area contributed by atoms with E-state index in [4.69, 9.17) is 16.2 Å². The molecule has 1 aliphatic carbocycles. The first-order chi connectivity index (χ1) is 9.94. The molecule has 4 nitrogen and oxygen atoms in total. The smallest absolute Gasteiger partial charge is 0.125 e. The van der Waals surface area contributed by atoms with Crippen LogP contribution in [-0.4, -0.2) is 19.6 Å². The van der Waals surface area contributed by atoms with Crippen molar-refractivity contribution in [3.05, 3.63) is 47.5 Å². The van der Waals surface area contributed by atoms with Gasteiger partial charge in [0.15, 0.2) is 0 Å². The fourth-order valence-corrected chi connectivity index (χ4v) is 2.41. The lowest BCUT2D eigenvalue weighted by atomic mass is 9.72. The lowest BCUT2D eigenvalue weighted by Crippen LogP contribution is -2.35. The van der Waals surface area contributed by atoms with E-state index in [1.165, 1.54) is 0 Å². The number of rotatable bonds is 6. The monoisotopic (exact) mass is 293 g/mol. The highest BCUT2D eigenvalue weighted by atomic mass is 19.1. The third-order valence-corrected chi connectivity index (χ3v) is 3.68. The predicted molar refractivity (Wildman–Crippen MR) is 85.1 cm³/mol. The second kappa shape index (κ2) is 7.67. The zero-order valence-corrected chi connectivity index (χ0v) is 12.8. The summed E-state index contributed by atoms with van der Waals surface area (Å²) < 4.78 is 19.0. The van der Waals surface area contributed by atoms with Crippen LogP contribution in [0.15, 0.2) is 52.5 Å². The number of hydrogen-bond donors (Lipinski definition) is 2. The van der Waals surface area contributed by atoms with Crippen molar-refractivity contribution in [2.75, 3.05) is 7.11 Å². The van der Waals surface area contributed by atoms with Gasteiger partial charge in [-0.2, -0.15) is 0 Å². The Labute approximate surface area is 125 Å². The van der Waals surface area contributed by atoms with Crippen LogP contribution in [0.4, 0.5) is 4.39 Å². The summed E-state index contributed by atoms with van der Waals surface area (Å²) in [5.41, 5.74) is 12.3. The van der Waals surface area contributed by atoms with Crippen LogP contribution in [0.25, 0.3) is 0 Å². The lowest BCUT2D eigenvalue weighted by Gasteiger charge is -2.36. The highest BCUT2D eigenvalue weighted by molar-refractivity contribution is 5.54. The number of methoxy groups -OCH3 is 1. The number of nitrogens with two attached hydrogens (primary N) is 2. The van der Waals surface area contributed by atoms with E-state index < -0.39 is 6.17 Å².